The predicted molar refractivity (Wildman–Crippen MR) is 142 cm³/mol. The van der Waals surface area contributed by atoms with Crippen molar-refractivity contribution in [3.05, 3.63) is 83.9 Å². The first kappa shape index (κ1) is 24.3. The standard InChI is InChI=1S/C32H34O4/c33-31(35-29-7-3-1-4-8-29)27-19-15-25(16-20-27)23-11-13-24(14-12-23)26-17-21-28(22-18-26)32(34)36-30-9-5-2-6-10-30/h11-22,29-30H,1-10H2. The molecule has 0 atom stereocenters. The summed E-state index contributed by atoms with van der Waals surface area (Å²) in [5, 5.41) is 0. The van der Waals surface area contributed by atoms with Gasteiger partial charge in [0.15, 0.2) is 0 Å². The maximum Gasteiger partial charge on any atom is 0.338 e. The predicted octanol–water partition coefficient (Wildman–Crippen LogP) is 8.00. The zero-order chi connectivity index (χ0) is 24.7. The molecular weight excluding hydrogens is 448 g/mol. The van der Waals surface area contributed by atoms with Crippen molar-refractivity contribution in [2.75, 3.05) is 0 Å². The zero-order valence-electron chi connectivity index (χ0n) is 20.8. The highest BCUT2D eigenvalue weighted by atomic mass is 16.5. The molecule has 0 heterocycles. The Morgan fingerprint density at radius 3 is 1.03 bits per heavy atom. The van der Waals surface area contributed by atoms with E-state index in [1.165, 1.54) is 12.8 Å². The summed E-state index contributed by atoms with van der Waals surface area (Å²) in [6.45, 7) is 0. The van der Waals surface area contributed by atoms with Crippen LogP contribution in [0.2, 0.25) is 0 Å². The Morgan fingerprint density at radius 2 is 0.722 bits per heavy atom. The van der Waals surface area contributed by atoms with Crippen LogP contribution in [0.3, 0.4) is 0 Å². The van der Waals surface area contributed by atoms with E-state index in [9.17, 15) is 9.59 Å². The van der Waals surface area contributed by atoms with Gasteiger partial charge in [-0.25, -0.2) is 9.59 Å². The molecule has 2 aliphatic carbocycles. The first-order valence-electron chi connectivity index (χ1n) is 13.4. The van der Waals surface area contributed by atoms with E-state index in [1.807, 2.05) is 48.5 Å². The van der Waals surface area contributed by atoms with E-state index in [1.54, 1.807) is 0 Å². The van der Waals surface area contributed by atoms with Gasteiger partial charge in [-0.3, -0.25) is 0 Å². The summed E-state index contributed by atoms with van der Waals surface area (Å²) in [6.07, 6.45) is 11.1. The van der Waals surface area contributed by atoms with Crippen molar-refractivity contribution in [2.45, 2.75) is 76.4 Å². The number of hydrogen-bond acceptors (Lipinski definition) is 4. The maximum absolute atomic E-state index is 12.5. The third-order valence-electron chi connectivity index (χ3n) is 7.44. The van der Waals surface area contributed by atoms with E-state index in [-0.39, 0.29) is 24.1 Å². The van der Waals surface area contributed by atoms with Gasteiger partial charge >= 0.3 is 11.9 Å². The van der Waals surface area contributed by atoms with Crippen molar-refractivity contribution in [3.8, 4) is 22.3 Å². The molecule has 4 heteroatoms. The van der Waals surface area contributed by atoms with Gasteiger partial charge in [0.1, 0.15) is 12.2 Å². The molecule has 2 aliphatic rings. The van der Waals surface area contributed by atoms with Gasteiger partial charge in [-0.2, -0.15) is 0 Å². The van der Waals surface area contributed by atoms with Crippen LogP contribution < -0.4 is 0 Å². The highest BCUT2D eigenvalue weighted by Crippen LogP contribution is 2.27. The van der Waals surface area contributed by atoms with Crippen LogP contribution >= 0.6 is 0 Å². The summed E-state index contributed by atoms with van der Waals surface area (Å²) in [7, 11) is 0. The number of hydrogen-bond donors (Lipinski definition) is 0. The minimum atomic E-state index is -0.227. The largest absolute Gasteiger partial charge is 0.459 e. The van der Waals surface area contributed by atoms with Crippen LogP contribution in [-0.2, 0) is 9.47 Å². The van der Waals surface area contributed by atoms with Crippen LogP contribution in [0.15, 0.2) is 72.8 Å². The third kappa shape index (κ3) is 6.04. The second kappa shape index (κ2) is 11.6. The Bertz CT molecular complexity index is 1060. The summed E-state index contributed by atoms with van der Waals surface area (Å²) >= 11 is 0. The summed E-state index contributed by atoms with van der Waals surface area (Å²) in [5.41, 5.74) is 5.47. The van der Waals surface area contributed by atoms with E-state index >= 15 is 0 Å². The van der Waals surface area contributed by atoms with Crippen LogP contribution in [0.25, 0.3) is 22.3 Å². The highest BCUT2D eigenvalue weighted by Gasteiger charge is 2.20. The fraction of sp³-hybridized carbons (Fsp3) is 0.375. The maximum atomic E-state index is 12.5. The molecule has 0 N–H and O–H groups in total. The van der Waals surface area contributed by atoms with Crippen molar-refractivity contribution >= 4 is 11.9 Å². The van der Waals surface area contributed by atoms with Gasteiger partial charge in [-0.1, -0.05) is 61.4 Å². The third-order valence-corrected chi connectivity index (χ3v) is 7.44. The van der Waals surface area contributed by atoms with Crippen molar-refractivity contribution in [1.29, 1.82) is 0 Å². The smallest absolute Gasteiger partial charge is 0.338 e. The lowest BCUT2D eigenvalue weighted by atomic mass is 9.97. The molecule has 0 radical (unpaired) electrons. The van der Waals surface area contributed by atoms with Gasteiger partial charge in [0.05, 0.1) is 11.1 Å². The first-order valence-corrected chi connectivity index (χ1v) is 13.4. The fourth-order valence-corrected chi connectivity index (χ4v) is 5.26. The van der Waals surface area contributed by atoms with E-state index in [0.717, 1.165) is 73.6 Å². The molecule has 0 saturated heterocycles. The Labute approximate surface area is 213 Å². The van der Waals surface area contributed by atoms with Gasteiger partial charge in [0.2, 0.25) is 0 Å². The Morgan fingerprint density at radius 1 is 0.444 bits per heavy atom. The molecule has 0 unspecified atom stereocenters. The van der Waals surface area contributed by atoms with Crippen molar-refractivity contribution in [2.24, 2.45) is 0 Å². The van der Waals surface area contributed by atoms with E-state index in [2.05, 4.69) is 24.3 Å². The van der Waals surface area contributed by atoms with Crippen molar-refractivity contribution in [3.63, 3.8) is 0 Å². The monoisotopic (exact) mass is 482 g/mol. The second-order valence-corrected chi connectivity index (χ2v) is 10.1. The number of rotatable bonds is 6. The van der Waals surface area contributed by atoms with E-state index in [0.29, 0.717) is 11.1 Å². The van der Waals surface area contributed by atoms with Crippen molar-refractivity contribution < 1.29 is 19.1 Å². The number of ether oxygens (including phenoxy) is 2. The number of carbonyl (C=O) groups excluding carboxylic acids is 2. The summed E-state index contributed by atoms with van der Waals surface area (Å²) in [6, 6.07) is 23.6. The molecule has 186 valence electrons. The van der Waals surface area contributed by atoms with Crippen LogP contribution in [0.4, 0.5) is 0 Å². The molecule has 36 heavy (non-hydrogen) atoms. The summed E-state index contributed by atoms with van der Waals surface area (Å²) in [4.78, 5) is 25.0. The SMILES string of the molecule is O=C(OC1CCCCC1)c1ccc(-c2ccc(-c3ccc(C(=O)OC4CCCCC4)cc3)cc2)cc1. The van der Waals surface area contributed by atoms with Crippen LogP contribution in [-0.4, -0.2) is 24.1 Å². The average Bonchev–Trinajstić information content (AvgIpc) is 2.94. The van der Waals surface area contributed by atoms with Gasteiger partial charge in [-0.05, 0) is 97.9 Å². The molecule has 3 aromatic rings. The lowest BCUT2D eigenvalue weighted by Crippen LogP contribution is -2.20. The van der Waals surface area contributed by atoms with Crippen LogP contribution in [0.1, 0.15) is 84.9 Å². The minimum absolute atomic E-state index is 0.0649. The minimum Gasteiger partial charge on any atom is -0.459 e. The topological polar surface area (TPSA) is 52.6 Å². The Balaban J connectivity index is 1.19. The van der Waals surface area contributed by atoms with Gasteiger partial charge in [0, 0.05) is 0 Å². The molecule has 4 nitrogen and oxygen atoms in total. The molecule has 0 bridgehead atoms. The molecule has 0 amide bonds. The Kier molecular flexibility index (Phi) is 7.80. The summed E-state index contributed by atoms with van der Waals surface area (Å²) < 4.78 is 11.4. The molecule has 0 aromatic heterocycles. The molecule has 2 saturated carbocycles. The lowest BCUT2D eigenvalue weighted by Gasteiger charge is -2.21. The van der Waals surface area contributed by atoms with Crippen LogP contribution in [0, 0.1) is 0 Å². The number of esters is 2. The van der Waals surface area contributed by atoms with Gasteiger partial charge < -0.3 is 9.47 Å². The average molecular weight is 483 g/mol. The zero-order valence-corrected chi connectivity index (χ0v) is 20.8. The number of carbonyl (C=O) groups is 2. The molecule has 2 fully saturated rings. The second-order valence-electron chi connectivity index (χ2n) is 10.1. The quantitative estimate of drug-likeness (QED) is 0.334. The normalized spacial score (nSPS) is 16.9. The molecule has 0 aliphatic heterocycles. The van der Waals surface area contributed by atoms with Crippen molar-refractivity contribution in [1.82, 2.24) is 0 Å². The van der Waals surface area contributed by atoms with Gasteiger partial charge in [-0.15, -0.1) is 0 Å². The molecule has 3 aromatic carbocycles. The highest BCUT2D eigenvalue weighted by molar-refractivity contribution is 5.91. The molecule has 5 rings (SSSR count). The number of benzene rings is 3. The Hall–Kier alpha value is -3.40. The van der Waals surface area contributed by atoms with E-state index < -0.39 is 0 Å². The summed E-state index contributed by atoms with van der Waals surface area (Å²) in [5.74, 6) is -0.454. The fourth-order valence-electron chi connectivity index (χ4n) is 5.26. The molecule has 0 spiro atoms. The first-order chi connectivity index (χ1) is 17.7. The van der Waals surface area contributed by atoms with Gasteiger partial charge in [0.25, 0.3) is 0 Å². The lowest BCUT2D eigenvalue weighted by molar-refractivity contribution is 0.0202. The molecular formula is C32H34O4. The van der Waals surface area contributed by atoms with E-state index in [4.69, 9.17) is 9.47 Å². The van der Waals surface area contributed by atoms with Crippen LogP contribution in [0.5, 0.6) is 0 Å².